The smallest absolute Gasteiger partial charge is 0.362 e. The van der Waals surface area contributed by atoms with Gasteiger partial charge < -0.3 is 10.2 Å². The van der Waals surface area contributed by atoms with Gasteiger partial charge in [0.15, 0.2) is 0 Å². The van der Waals surface area contributed by atoms with Gasteiger partial charge in [0, 0.05) is 18.4 Å². The molecule has 0 radical (unpaired) electrons. The summed E-state index contributed by atoms with van der Waals surface area (Å²) in [7, 11) is 1.96. The number of alkyl halides is 3. The first-order valence-corrected chi connectivity index (χ1v) is 9.67. The lowest BCUT2D eigenvalue weighted by molar-refractivity contribution is -0.0632. The highest BCUT2D eigenvalue weighted by molar-refractivity contribution is 5.85. The molecule has 0 aliphatic heterocycles. The lowest BCUT2D eigenvalue weighted by Crippen LogP contribution is -2.38. The number of para-hydroxylation sites is 1. The van der Waals surface area contributed by atoms with Crippen LogP contribution in [0.4, 0.5) is 30.4 Å². The summed E-state index contributed by atoms with van der Waals surface area (Å²) >= 11 is 0. The standard InChI is InChI=1S/C22H23F3N6/c1-3-18(28-20-13-12-19(26)31(29-20)21(27)22(23,24)25)15-8-7-11-17(14-15)30(2)16-9-5-4-6-10-16/h4-14,18,26-27H,3H2,1-2H3,(H,28,29). The number of nitrogens with zero attached hydrogens (tertiary/aromatic N) is 3. The van der Waals surface area contributed by atoms with Crippen molar-refractivity contribution in [1.82, 2.24) is 9.78 Å². The fraction of sp³-hybridized carbons (Fsp3) is 0.227. The van der Waals surface area contributed by atoms with Gasteiger partial charge >= 0.3 is 6.18 Å². The Morgan fingerprint density at radius 3 is 2.39 bits per heavy atom. The van der Waals surface area contributed by atoms with Crippen molar-refractivity contribution in [3.05, 3.63) is 77.8 Å². The SMILES string of the molecule is CCC(Nc1ccc(=N)n(C(=N)C(F)(F)F)n1)c1cccc(N(C)c2ccccc2)c1. The molecule has 3 aromatic rings. The Morgan fingerprint density at radius 1 is 1.06 bits per heavy atom. The van der Waals surface area contributed by atoms with Gasteiger partial charge in [-0.1, -0.05) is 37.3 Å². The molecule has 1 atom stereocenters. The number of nitrogens with one attached hydrogen (secondary N) is 3. The highest BCUT2D eigenvalue weighted by Gasteiger charge is 2.37. The Hall–Kier alpha value is -3.62. The summed E-state index contributed by atoms with van der Waals surface area (Å²) in [6.07, 6.45) is -4.24. The van der Waals surface area contributed by atoms with Gasteiger partial charge in [0.25, 0.3) is 0 Å². The quantitative estimate of drug-likeness (QED) is 0.378. The first-order valence-electron chi connectivity index (χ1n) is 9.67. The van der Waals surface area contributed by atoms with Gasteiger partial charge in [0.1, 0.15) is 11.3 Å². The largest absolute Gasteiger partial charge is 0.451 e. The minimum Gasteiger partial charge on any atom is -0.362 e. The highest BCUT2D eigenvalue weighted by atomic mass is 19.4. The molecular weight excluding hydrogens is 405 g/mol. The predicted octanol–water partition coefficient (Wildman–Crippen LogP) is 5.08. The molecule has 0 aliphatic carbocycles. The summed E-state index contributed by atoms with van der Waals surface area (Å²) in [5, 5.41) is 21.9. The van der Waals surface area contributed by atoms with Crippen molar-refractivity contribution in [2.75, 3.05) is 17.3 Å². The van der Waals surface area contributed by atoms with Crippen molar-refractivity contribution in [2.24, 2.45) is 0 Å². The number of aromatic nitrogens is 2. The van der Waals surface area contributed by atoms with E-state index in [0.717, 1.165) is 16.9 Å². The molecule has 0 fully saturated rings. The third kappa shape index (κ3) is 5.11. The van der Waals surface area contributed by atoms with E-state index >= 15 is 0 Å². The van der Waals surface area contributed by atoms with E-state index in [-0.39, 0.29) is 16.5 Å². The molecule has 3 N–H and O–H groups in total. The van der Waals surface area contributed by atoms with Crippen LogP contribution < -0.4 is 15.7 Å². The Bertz CT molecular complexity index is 1110. The van der Waals surface area contributed by atoms with E-state index in [1.54, 1.807) is 0 Å². The van der Waals surface area contributed by atoms with Crippen molar-refractivity contribution in [3.63, 3.8) is 0 Å². The van der Waals surface area contributed by atoms with Crippen LogP contribution in [-0.4, -0.2) is 28.8 Å². The van der Waals surface area contributed by atoms with Crippen LogP contribution in [0.25, 0.3) is 0 Å². The van der Waals surface area contributed by atoms with Crippen molar-refractivity contribution in [1.29, 1.82) is 10.8 Å². The molecule has 2 aromatic carbocycles. The zero-order valence-electron chi connectivity index (χ0n) is 17.1. The van der Waals surface area contributed by atoms with Crippen LogP contribution >= 0.6 is 0 Å². The summed E-state index contributed by atoms with van der Waals surface area (Å²) in [5.41, 5.74) is 2.41. The normalized spacial score (nSPS) is 12.3. The molecule has 1 aromatic heterocycles. The zero-order valence-corrected chi connectivity index (χ0v) is 17.1. The van der Waals surface area contributed by atoms with Crippen LogP contribution in [0.15, 0.2) is 66.7 Å². The molecule has 0 saturated carbocycles. The maximum absolute atomic E-state index is 12.9. The number of halogens is 3. The highest BCUT2D eigenvalue weighted by Crippen LogP contribution is 2.28. The fourth-order valence-electron chi connectivity index (χ4n) is 3.14. The van der Waals surface area contributed by atoms with E-state index in [1.807, 2.05) is 73.5 Å². The molecular formula is C22H23F3N6. The Labute approximate surface area is 178 Å². The van der Waals surface area contributed by atoms with E-state index in [0.29, 0.717) is 6.42 Å². The Morgan fingerprint density at radius 2 is 1.74 bits per heavy atom. The van der Waals surface area contributed by atoms with Gasteiger partial charge in [-0.3, -0.25) is 10.8 Å². The third-order valence-corrected chi connectivity index (χ3v) is 4.85. The fourth-order valence-corrected chi connectivity index (χ4v) is 3.14. The molecule has 3 rings (SSSR count). The Kier molecular flexibility index (Phi) is 6.43. The van der Waals surface area contributed by atoms with E-state index in [4.69, 9.17) is 10.8 Å². The second kappa shape index (κ2) is 9.03. The second-order valence-electron chi connectivity index (χ2n) is 6.96. The van der Waals surface area contributed by atoms with Crippen LogP contribution in [0, 0.1) is 10.8 Å². The van der Waals surface area contributed by atoms with Gasteiger partial charge in [0.2, 0.25) is 5.84 Å². The molecule has 0 saturated heterocycles. The summed E-state index contributed by atoms with van der Waals surface area (Å²) in [5.74, 6) is -1.56. The van der Waals surface area contributed by atoms with Crippen LogP contribution in [0.1, 0.15) is 24.9 Å². The number of rotatable bonds is 6. The van der Waals surface area contributed by atoms with E-state index < -0.39 is 17.5 Å². The maximum atomic E-state index is 12.9. The van der Waals surface area contributed by atoms with Crippen LogP contribution in [0.3, 0.4) is 0 Å². The average molecular weight is 428 g/mol. The molecule has 0 bridgehead atoms. The minimum absolute atomic E-state index is 0.152. The lowest BCUT2D eigenvalue weighted by Gasteiger charge is -2.23. The van der Waals surface area contributed by atoms with E-state index in [1.165, 1.54) is 12.1 Å². The maximum Gasteiger partial charge on any atom is 0.451 e. The summed E-state index contributed by atoms with van der Waals surface area (Å²) in [6.45, 7) is 1.95. The van der Waals surface area contributed by atoms with Crippen LogP contribution in [0.5, 0.6) is 0 Å². The molecule has 1 heterocycles. The van der Waals surface area contributed by atoms with Gasteiger partial charge in [0.05, 0.1) is 6.04 Å². The van der Waals surface area contributed by atoms with Crippen molar-refractivity contribution in [2.45, 2.75) is 25.6 Å². The molecule has 0 aliphatic rings. The van der Waals surface area contributed by atoms with Crippen LogP contribution in [-0.2, 0) is 0 Å². The van der Waals surface area contributed by atoms with E-state index in [9.17, 15) is 13.2 Å². The number of anilines is 3. The van der Waals surface area contributed by atoms with Crippen LogP contribution in [0.2, 0.25) is 0 Å². The van der Waals surface area contributed by atoms with Gasteiger partial charge in [-0.25, -0.2) is 0 Å². The first kappa shape index (κ1) is 22.1. The van der Waals surface area contributed by atoms with Gasteiger partial charge in [-0.15, -0.1) is 5.10 Å². The van der Waals surface area contributed by atoms with Crippen molar-refractivity contribution in [3.8, 4) is 0 Å². The number of hydrogen-bond donors (Lipinski definition) is 3. The minimum atomic E-state index is -4.90. The lowest BCUT2D eigenvalue weighted by atomic mass is 10.0. The molecule has 0 amide bonds. The monoisotopic (exact) mass is 428 g/mol. The number of hydrogen-bond acceptors (Lipinski definition) is 5. The Balaban J connectivity index is 1.87. The van der Waals surface area contributed by atoms with Gasteiger partial charge in [-0.2, -0.15) is 17.9 Å². The predicted molar refractivity (Wildman–Crippen MR) is 115 cm³/mol. The van der Waals surface area contributed by atoms with Crippen molar-refractivity contribution < 1.29 is 13.2 Å². The van der Waals surface area contributed by atoms with Crippen molar-refractivity contribution >= 4 is 23.0 Å². The summed E-state index contributed by atoms with van der Waals surface area (Å²) in [6, 6.07) is 20.1. The molecule has 6 nitrogen and oxygen atoms in total. The van der Waals surface area contributed by atoms with E-state index in [2.05, 4.69) is 10.4 Å². The molecule has 1 unspecified atom stereocenters. The topological polar surface area (TPSA) is 80.8 Å². The molecule has 0 spiro atoms. The second-order valence-corrected chi connectivity index (χ2v) is 6.96. The molecule has 31 heavy (non-hydrogen) atoms. The number of benzene rings is 2. The first-order chi connectivity index (χ1) is 14.7. The zero-order chi connectivity index (χ0) is 22.6. The van der Waals surface area contributed by atoms with Gasteiger partial charge in [-0.05, 0) is 48.4 Å². The molecule has 9 heteroatoms. The summed E-state index contributed by atoms with van der Waals surface area (Å²) < 4.78 is 39.0. The summed E-state index contributed by atoms with van der Waals surface area (Å²) in [4.78, 5) is 2.04. The molecule has 162 valence electrons. The third-order valence-electron chi connectivity index (χ3n) is 4.85. The average Bonchev–Trinajstić information content (AvgIpc) is 2.77.